The van der Waals surface area contributed by atoms with E-state index in [4.69, 9.17) is 16.3 Å². The molecule has 1 aliphatic rings. The van der Waals surface area contributed by atoms with Gasteiger partial charge in [-0.3, -0.25) is 9.69 Å². The van der Waals surface area contributed by atoms with E-state index in [1.807, 2.05) is 12.1 Å². The Morgan fingerprint density at radius 2 is 2.12 bits per heavy atom. The topological polar surface area (TPSA) is 70.3 Å². The fourth-order valence-corrected chi connectivity index (χ4v) is 3.02. The summed E-state index contributed by atoms with van der Waals surface area (Å²) in [5, 5.41) is 12.8. The van der Waals surface area contributed by atoms with E-state index in [-0.39, 0.29) is 5.91 Å². The first-order chi connectivity index (χ1) is 12.2. The van der Waals surface area contributed by atoms with E-state index in [1.54, 1.807) is 29.0 Å². The second-order valence-electron chi connectivity index (χ2n) is 5.75. The summed E-state index contributed by atoms with van der Waals surface area (Å²) in [5.41, 5.74) is 1.41. The molecule has 1 aromatic carbocycles. The number of ether oxygens (including phenoxy) is 1. The molecule has 6 nitrogen and oxygen atoms in total. The molecule has 0 bridgehead atoms. The van der Waals surface area contributed by atoms with Gasteiger partial charge in [0.2, 0.25) is 0 Å². The number of nitrogens with one attached hydrogen (secondary N) is 1. The average Bonchev–Trinajstić information content (AvgIpc) is 3.07. The quantitative estimate of drug-likeness (QED) is 0.888. The number of rotatable bonds is 5. The highest BCUT2D eigenvalue weighted by Gasteiger charge is 2.18. The van der Waals surface area contributed by atoms with Crippen LogP contribution >= 0.6 is 11.6 Å². The summed E-state index contributed by atoms with van der Waals surface area (Å²) in [5.74, 6) is -0.269. The summed E-state index contributed by atoms with van der Waals surface area (Å²) in [4.78, 5) is 14.9. The number of carbonyl (C=O) groups excluding carboxylic acids is 1. The van der Waals surface area contributed by atoms with Gasteiger partial charge in [0.15, 0.2) is 0 Å². The van der Waals surface area contributed by atoms with Crippen molar-refractivity contribution in [2.45, 2.75) is 0 Å². The van der Waals surface area contributed by atoms with Crippen molar-refractivity contribution in [3.8, 4) is 11.8 Å². The zero-order chi connectivity index (χ0) is 17.6. The van der Waals surface area contributed by atoms with E-state index in [1.165, 1.54) is 0 Å². The van der Waals surface area contributed by atoms with Crippen molar-refractivity contribution in [2.24, 2.45) is 0 Å². The zero-order valence-electron chi connectivity index (χ0n) is 13.7. The number of hydrogen-bond donors (Lipinski definition) is 1. The number of carbonyl (C=O) groups is 1. The molecule has 2 aromatic rings. The second-order valence-corrected chi connectivity index (χ2v) is 6.19. The zero-order valence-corrected chi connectivity index (χ0v) is 14.5. The molecular formula is C18H19ClN4O2. The van der Waals surface area contributed by atoms with Gasteiger partial charge in [-0.05, 0) is 24.3 Å². The largest absolute Gasteiger partial charge is 0.379 e. The second kappa shape index (κ2) is 8.17. The van der Waals surface area contributed by atoms with Crippen LogP contribution in [0, 0.1) is 11.3 Å². The molecule has 1 amide bonds. The first kappa shape index (κ1) is 17.5. The van der Waals surface area contributed by atoms with Crippen LogP contribution in [-0.4, -0.2) is 54.8 Å². The summed E-state index contributed by atoms with van der Waals surface area (Å²) in [6.07, 6.45) is 1.71. The van der Waals surface area contributed by atoms with Gasteiger partial charge >= 0.3 is 0 Å². The van der Waals surface area contributed by atoms with Crippen molar-refractivity contribution in [1.82, 2.24) is 14.8 Å². The van der Waals surface area contributed by atoms with Crippen molar-refractivity contribution >= 4 is 17.5 Å². The van der Waals surface area contributed by atoms with Crippen molar-refractivity contribution in [1.29, 1.82) is 5.26 Å². The molecule has 7 heteroatoms. The molecule has 1 saturated heterocycles. The van der Waals surface area contributed by atoms with E-state index < -0.39 is 0 Å². The standard InChI is InChI=1S/C18H19ClN4O2/c19-15-2-1-3-16(12-15)23-6-4-14(13-20)17(23)18(24)21-5-7-22-8-10-25-11-9-22/h1-4,6,12H,5,7-11H2,(H,21,24). The predicted octanol–water partition coefficient (Wildman–Crippen LogP) is 2.06. The number of halogens is 1. The Kier molecular flexibility index (Phi) is 5.71. The summed E-state index contributed by atoms with van der Waals surface area (Å²) in [6.45, 7) is 4.48. The fourth-order valence-electron chi connectivity index (χ4n) is 2.83. The first-order valence-corrected chi connectivity index (χ1v) is 8.52. The lowest BCUT2D eigenvalue weighted by molar-refractivity contribution is 0.0383. The maximum atomic E-state index is 12.6. The molecule has 0 aliphatic carbocycles. The van der Waals surface area contributed by atoms with Crippen LogP contribution < -0.4 is 5.32 Å². The monoisotopic (exact) mass is 358 g/mol. The Balaban J connectivity index is 1.73. The Labute approximate surface area is 151 Å². The third kappa shape index (κ3) is 4.20. The molecule has 0 atom stereocenters. The molecule has 2 heterocycles. The minimum Gasteiger partial charge on any atom is -0.379 e. The van der Waals surface area contributed by atoms with Crippen LogP contribution in [0.3, 0.4) is 0 Å². The molecule has 1 fully saturated rings. The summed E-state index contributed by atoms with van der Waals surface area (Å²) >= 11 is 6.04. The Morgan fingerprint density at radius 1 is 1.32 bits per heavy atom. The number of morpholine rings is 1. The molecule has 1 aromatic heterocycles. The Hall–Kier alpha value is -2.33. The lowest BCUT2D eigenvalue weighted by Crippen LogP contribution is -2.41. The van der Waals surface area contributed by atoms with Gasteiger partial charge in [-0.15, -0.1) is 0 Å². The van der Waals surface area contributed by atoms with Crippen LogP contribution in [0.4, 0.5) is 0 Å². The lowest BCUT2D eigenvalue weighted by Gasteiger charge is -2.26. The van der Waals surface area contributed by atoms with Gasteiger partial charge in [0.1, 0.15) is 11.8 Å². The number of nitriles is 1. The molecule has 0 radical (unpaired) electrons. The predicted molar refractivity (Wildman–Crippen MR) is 95.1 cm³/mol. The van der Waals surface area contributed by atoms with Crippen LogP contribution in [0.15, 0.2) is 36.5 Å². The Bertz CT molecular complexity index is 791. The molecule has 1 N–H and O–H groups in total. The van der Waals surface area contributed by atoms with Gasteiger partial charge in [0, 0.05) is 43.1 Å². The minimum atomic E-state index is -0.269. The summed E-state index contributed by atoms with van der Waals surface area (Å²) in [6, 6.07) is 10.9. The number of amides is 1. The van der Waals surface area contributed by atoms with Crippen molar-refractivity contribution < 1.29 is 9.53 Å². The third-order valence-corrected chi connectivity index (χ3v) is 4.36. The normalized spacial score (nSPS) is 14.9. The van der Waals surface area contributed by atoms with Gasteiger partial charge in [-0.2, -0.15) is 5.26 Å². The van der Waals surface area contributed by atoms with Gasteiger partial charge in [0.25, 0.3) is 5.91 Å². The van der Waals surface area contributed by atoms with E-state index in [2.05, 4.69) is 16.3 Å². The average molecular weight is 359 g/mol. The van der Waals surface area contributed by atoms with Crippen molar-refractivity contribution in [3.05, 3.63) is 52.8 Å². The van der Waals surface area contributed by atoms with Gasteiger partial charge < -0.3 is 14.6 Å². The number of nitrogens with zero attached hydrogens (tertiary/aromatic N) is 3. The third-order valence-electron chi connectivity index (χ3n) is 4.13. The Morgan fingerprint density at radius 3 is 2.84 bits per heavy atom. The van der Waals surface area contributed by atoms with Crippen LogP contribution in [0.5, 0.6) is 0 Å². The van der Waals surface area contributed by atoms with Crippen LogP contribution in [0.2, 0.25) is 5.02 Å². The van der Waals surface area contributed by atoms with Crippen molar-refractivity contribution in [2.75, 3.05) is 39.4 Å². The highest BCUT2D eigenvalue weighted by Crippen LogP contribution is 2.20. The van der Waals surface area contributed by atoms with Gasteiger partial charge in [0.05, 0.1) is 18.8 Å². The maximum Gasteiger partial charge on any atom is 0.269 e. The maximum absolute atomic E-state index is 12.6. The van der Waals surface area contributed by atoms with E-state index in [9.17, 15) is 10.1 Å². The highest BCUT2D eigenvalue weighted by atomic mass is 35.5. The minimum absolute atomic E-state index is 0.269. The van der Waals surface area contributed by atoms with E-state index >= 15 is 0 Å². The summed E-state index contributed by atoms with van der Waals surface area (Å²) < 4.78 is 7.00. The van der Waals surface area contributed by atoms with Crippen molar-refractivity contribution in [3.63, 3.8) is 0 Å². The van der Waals surface area contributed by atoms with Gasteiger partial charge in [-0.1, -0.05) is 17.7 Å². The smallest absolute Gasteiger partial charge is 0.269 e. The molecular weight excluding hydrogens is 340 g/mol. The highest BCUT2D eigenvalue weighted by molar-refractivity contribution is 6.30. The fraction of sp³-hybridized carbons (Fsp3) is 0.333. The molecule has 1 aliphatic heterocycles. The van der Waals surface area contributed by atoms with E-state index in [0.717, 1.165) is 38.5 Å². The summed E-state index contributed by atoms with van der Waals surface area (Å²) in [7, 11) is 0. The molecule has 130 valence electrons. The molecule has 3 rings (SSSR count). The van der Waals surface area contributed by atoms with Crippen LogP contribution in [-0.2, 0) is 4.74 Å². The number of benzene rings is 1. The van der Waals surface area contributed by atoms with Crippen LogP contribution in [0.25, 0.3) is 5.69 Å². The first-order valence-electron chi connectivity index (χ1n) is 8.15. The van der Waals surface area contributed by atoms with Gasteiger partial charge in [-0.25, -0.2) is 0 Å². The van der Waals surface area contributed by atoms with E-state index in [0.29, 0.717) is 22.8 Å². The molecule has 25 heavy (non-hydrogen) atoms. The molecule has 0 saturated carbocycles. The SMILES string of the molecule is N#Cc1ccn(-c2cccc(Cl)c2)c1C(=O)NCCN1CCOCC1. The lowest BCUT2D eigenvalue weighted by atomic mass is 10.2. The molecule has 0 spiro atoms. The van der Waals surface area contributed by atoms with Crippen LogP contribution in [0.1, 0.15) is 16.1 Å². The number of aromatic nitrogens is 1. The molecule has 0 unspecified atom stereocenters. The number of hydrogen-bond acceptors (Lipinski definition) is 4.